The Balaban J connectivity index is 2.58. The molecule has 0 aliphatic carbocycles. The van der Waals surface area contributed by atoms with E-state index in [1.807, 2.05) is 20.8 Å². The number of aryl methyl sites for hydroxylation is 2. The third-order valence-electron chi connectivity index (χ3n) is 3.18. The molecule has 1 rings (SSSR count). The third-order valence-corrected chi connectivity index (χ3v) is 4.43. The lowest BCUT2D eigenvalue weighted by molar-refractivity contribution is -0.141. The number of thiazole rings is 1. The maximum Gasteiger partial charge on any atom is 0.315 e. The summed E-state index contributed by atoms with van der Waals surface area (Å²) in [6, 6.07) is -0.971. The van der Waals surface area contributed by atoms with Crippen molar-refractivity contribution in [2.75, 3.05) is 0 Å². The summed E-state index contributed by atoms with van der Waals surface area (Å²) in [6.45, 7) is 8.94. The number of carboxylic acid groups (broad SMARTS) is 1. The Morgan fingerprint density at radius 1 is 1.20 bits per heavy atom. The van der Waals surface area contributed by atoms with Crippen LogP contribution >= 0.6 is 11.3 Å². The van der Waals surface area contributed by atoms with Gasteiger partial charge in [-0.3, -0.25) is 4.79 Å². The molecule has 0 saturated heterocycles. The van der Waals surface area contributed by atoms with Gasteiger partial charge in [-0.05, 0) is 34.6 Å². The molecule has 0 spiro atoms. The molecule has 2 amide bonds. The zero-order chi connectivity index (χ0) is 15.4. The van der Waals surface area contributed by atoms with Crippen molar-refractivity contribution in [1.29, 1.82) is 0 Å². The van der Waals surface area contributed by atoms with Gasteiger partial charge in [-0.25, -0.2) is 9.78 Å². The fourth-order valence-corrected chi connectivity index (χ4v) is 2.73. The van der Waals surface area contributed by atoms with E-state index in [9.17, 15) is 9.59 Å². The number of nitrogens with one attached hydrogen (secondary N) is 2. The number of hydrogen-bond acceptors (Lipinski definition) is 4. The molecular formula is C13H21N3O3S. The van der Waals surface area contributed by atoms with Crippen LogP contribution in [-0.2, 0) is 4.79 Å². The maximum absolute atomic E-state index is 11.9. The Bertz CT molecular complexity index is 501. The number of urea groups is 1. The lowest BCUT2D eigenvalue weighted by atomic mass is 10.0. The minimum absolute atomic E-state index is 0.159. The number of carboxylic acids is 1. The topological polar surface area (TPSA) is 91.3 Å². The lowest BCUT2D eigenvalue weighted by Gasteiger charge is -2.20. The normalized spacial score (nSPS) is 15.2. The number of amides is 2. The van der Waals surface area contributed by atoms with Crippen molar-refractivity contribution in [2.45, 2.75) is 46.7 Å². The molecule has 6 nitrogen and oxygen atoms in total. The number of carbonyl (C=O) groups is 2. The summed E-state index contributed by atoms with van der Waals surface area (Å²) in [6.07, 6.45) is 0. The van der Waals surface area contributed by atoms with Gasteiger partial charge in [0.05, 0.1) is 22.7 Å². The second-order valence-corrected chi connectivity index (χ2v) is 6.17. The van der Waals surface area contributed by atoms with Crippen molar-refractivity contribution in [2.24, 2.45) is 5.92 Å². The van der Waals surface area contributed by atoms with Gasteiger partial charge < -0.3 is 15.7 Å². The van der Waals surface area contributed by atoms with Crippen LogP contribution < -0.4 is 10.6 Å². The molecule has 0 aliphatic rings. The largest absolute Gasteiger partial charge is 0.481 e. The van der Waals surface area contributed by atoms with E-state index in [4.69, 9.17) is 5.11 Å². The minimum atomic E-state index is -0.931. The number of carbonyl (C=O) groups excluding carboxylic acids is 1. The van der Waals surface area contributed by atoms with Gasteiger partial charge in [-0.1, -0.05) is 0 Å². The fraction of sp³-hybridized carbons (Fsp3) is 0.615. The molecule has 3 atom stereocenters. The summed E-state index contributed by atoms with van der Waals surface area (Å²) in [5.74, 6) is -1.57. The molecule has 1 heterocycles. The van der Waals surface area contributed by atoms with E-state index < -0.39 is 17.9 Å². The van der Waals surface area contributed by atoms with Crippen LogP contribution in [0.2, 0.25) is 0 Å². The molecule has 112 valence electrons. The summed E-state index contributed by atoms with van der Waals surface area (Å²) >= 11 is 1.55. The molecule has 20 heavy (non-hydrogen) atoms. The molecule has 0 bridgehead atoms. The average Bonchev–Trinajstić information content (AvgIpc) is 2.66. The SMILES string of the molecule is Cc1nc(C)c(C(C)NC(=O)NC(C)C(C)C(=O)O)s1. The molecule has 0 saturated carbocycles. The van der Waals surface area contributed by atoms with Gasteiger partial charge in [0.2, 0.25) is 0 Å². The van der Waals surface area contributed by atoms with Crippen LogP contribution in [0.1, 0.15) is 42.4 Å². The third kappa shape index (κ3) is 4.19. The zero-order valence-electron chi connectivity index (χ0n) is 12.4. The van der Waals surface area contributed by atoms with E-state index >= 15 is 0 Å². The monoisotopic (exact) mass is 299 g/mol. The van der Waals surface area contributed by atoms with Gasteiger partial charge in [-0.2, -0.15) is 0 Å². The summed E-state index contributed by atoms with van der Waals surface area (Å²) in [7, 11) is 0. The summed E-state index contributed by atoms with van der Waals surface area (Å²) < 4.78 is 0. The van der Waals surface area contributed by atoms with E-state index in [1.165, 1.54) is 0 Å². The maximum atomic E-state index is 11.9. The molecule has 0 aliphatic heterocycles. The first-order chi connectivity index (χ1) is 9.22. The highest BCUT2D eigenvalue weighted by Crippen LogP contribution is 2.24. The van der Waals surface area contributed by atoms with Crippen LogP contribution in [0.5, 0.6) is 0 Å². The standard InChI is InChI=1S/C13H21N3O3S/c1-6(12(17)18)7(2)15-13(19)16-9(4)11-8(3)14-10(5)20-11/h6-7,9H,1-5H3,(H,17,18)(H2,15,16,19). The van der Waals surface area contributed by atoms with E-state index in [2.05, 4.69) is 15.6 Å². The van der Waals surface area contributed by atoms with E-state index in [1.54, 1.807) is 25.2 Å². The predicted octanol–water partition coefficient (Wildman–Crippen LogP) is 2.23. The van der Waals surface area contributed by atoms with Crippen molar-refractivity contribution in [3.63, 3.8) is 0 Å². The van der Waals surface area contributed by atoms with Gasteiger partial charge in [-0.15, -0.1) is 11.3 Å². The van der Waals surface area contributed by atoms with Crippen molar-refractivity contribution >= 4 is 23.3 Å². The summed E-state index contributed by atoms with van der Waals surface area (Å²) in [4.78, 5) is 28.0. The minimum Gasteiger partial charge on any atom is -0.481 e. The summed E-state index contributed by atoms with van der Waals surface area (Å²) in [5, 5.41) is 15.3. The van der Waals surface area contributed by atoms with Crippen molar-refractivity contribution < 1.29 is 14.7 Å². The van der Waals surface area contributed by atoms with Gasteiger partial charge in [0.1, 0.15) is 0 Å². The first-order valence-corrected chi connectivity index (χ1v) is 7.27. The van der Waals surface area contributed by atoms with Crippen LogP contribution in [0.15, 0.2) is 0 Å². The van der Waals surface area contributed by atoms with Crippen molar-refractivity contribution in [3.8, 4) is 0 Å². The van der Waals surface area contributed by atoms with E-state index in [-0.39, 0.29) is 12.1 Å². The van der Waals surface area contributed by atoms with Crippen molar-refractivity contribution in [3.05, 3.63) is 15.6 Å². The number of aliphatic carboxylic acids is 1. The Kier molecular flexibility index (Phi) is 5.50. The van der Waals surface area contributed by atoms with Crippen molar-refractivity contribution in [1.82, 2.24) is 15.6 Å². The quantitative estimate of drug-likeness (QED) is 0.777. The van der Waals surface area contributed by atoms with Gasteiger partial charge in [0.15, 0.2) is 0 Å². The van der Waals surface area contributed by atoms with Gasteiger partial charge >= 0.3 is 12.0 Å². The highest BCUT2D eigenvalue weighted by Gasteiger charge is 2.22. The molecule has 0 radical (unpaired) electrons. The van der Waals surface area contributed by atoms with Crippen LogP contribution in [-0.4, -0.2) is 28.1 Å². The number of hydrogen-bond donors (Lipinski definition) is 3. The molecule has 1 aromatic rings. The van der Waals surface area contributed by atoms with Gasteiger partial charge in [0, 0.05) is 10.9 Å². The lowest BCUT2D eigenvalue weighted by Crippen LogP contribution is -2.45. The Labute approximate surface area is 122 Å². The Hall–Kier alpha value is -1.63. The van der Waals surface area contributed by atoms with Crippen LogP contribution in [0, 0.1) is 19.8 Å². The predicted molar refractivity (Wildman–Crippen MR) is 77.9 cm³/mol. The Morgan fingerprint density at radius 2 is 1.80 bits per heavy atom. The molecule has 1 aromatic heterocycles. The van der Waals surface area contributed by atoms with Crippen LogP contribution in [0.25, 0.3) is 0 Å². The molecule has 3 unspecified atom stereocenters. The van der Waals surface area contributed by atoms with E-state index in [0.29, 0.717) is 0 Å². The number of rotatable bonds is 5. The average molecular weight is 299 g/mol. The molecule has 7 heteroatoms. The smallest absolute Gasteiger partial charge is 0.315 e. The summed E-state index contributed by atoms with van der Waals surface area (Å²) in [5.41, 5.74) is 0.909. The highest BCUT2D eigenvalue weighted by molar-refractivity contribution is 7.11. The zero-order valence-corrected chi connectivity index (χ0v) is 13.2. The van der Waals surface area contributed by atoms with Crippen LogP contribution in [0.4, 0.5) is 4.79 Å². The number of nitrogens with zero attached hydrogens (tertiary/aromatic N) is 1. The molecular weight excluding hydrogens is 278 g/mol. The first kappa shape index (κ1) is 16.4. The van der Waals surface area contributed by atoms with Crippen LogP contribution in [0.3, 0.4) is 0 Å². The second-order valence-electron chi connectivity index (χ2n) is 4.94. The van der Waals surface area contributed by atoms with Gasteiger partial charge in [0.25, 0.3) is 0 Å². The molecule has 3 N–H and O–H groups in total. The fourth-order valence-electron chi connectivity index (χ4n) is 1.80. The van der Waals surface area contributed by atoms with E-state index in [0.717, 1.165) is 15.6 Å². The number of aromatic nitrogens is 1. The Morgan fingerprint density at radius 3 is 2.25 bits per heavy atom. The first-order valence-electron chi connectivity index (χ1n) is 6.46. The molecule has 0 aromatic carbocycles. The molecule has 0 fully saturated rings. The second kappa shape index (κ2) is 6.69. The highest BCUT2D eigenvalue weighted by atomic mass is 32.1.